The van der Waals surface area contributed by atoms with Crippen LogP contribution in [0, 0.1) is 11.6 Å². The summed E-state index contributed by atoms with van der Waals surface area (Å²) in [6.45, 7) is 1.11. The monoisotopic (exact) mass is 394 g/mol. The van der Waals surface area contributed by atoms with Gasteiger partial charge in [-0.15, -0.1) is 0 Å². The van der Waals surface area contributed by atoms with Crippen molar-refractivity contribution in [1.82, 2.24) is 14.9 Å². The molecule has 1 N–H and O–H groups in total. The highest BCUT2D eigenvalue weighted by Crippen LogP contribution is 2.27. The number of rotatable bonds is 4. The average Bonchev–Trinajstić information content (AvgIpc) is 2.75. The van der Waals surface area contributed by atoms with E-state index in [9.17, 15) is 13.6 Å². The lowest BCUT2D eigenvalue weighted by molar-refractivity contribution is 0.0705. The third-order valence-electron chi connectivity index (χ3n) is 5.00. The number of nitrogens with zero attached hydrogens (tertiary/aromatic N) is 3. The maximum Gasteiger partial charge on any atom is 0.253 e. The lowest BCUT2D eigenvalue weighted by Crippen LogP contribution is -2.39. The van der Waals surface area contributed by atoms with Crippen LogP contribution in [0.3, 0.4) is 0 Å². The van der Waals surface area contributed by atoms with Crippen molar-refractivity contribution in [2.24, 2.45) is 0 Å². The smallest absolute Gasteiger partial charge is 0.253 e. The first-order valence-electron chi connectivity index (χ1n) is 9.49. The Hall–Kier alpha value is -3.35. The number of hydrogen-bond acceptors (Lipinski definition) is 4. The fourth-order valence-electron chi connectivity index (χ4n) is 3.55. The molecule has 0 spiro atoms. The third kappa shape index (κ3) is 4.39. The predicted octanol–water partition coefficient (Wildman–Crippen LogP) is 4.52. The standard InChI is InChI=1S/C22H20F2N4O/c23-17-7-3-5-15(13-17)21(29)28-12-4-6-16(14-28)19-10-11-25-22(26-19)27-20-9-2-1-8-18(20)24/h1-3,5,7-11,13,16H,4,6,12,14H2,(H,25,26,27)/t16-/m1/s1. The van der Waals surface area contributed by atoms with Crippen molar-refractivity contribution in [3.05, 3.63) is 83.7 Å². The maximum absolute atomic E-state index is 13.9. The number of likely N-dealkylation sites (tertiary alicyclic amines) is 1. The van der Waals surface area contributed by atoms with Gasteiger partial charge in [0.1, 0.15) is 11.6 Å². The Kier molecular flexibility index (Phi) is 5.46. The van der Waals surface area contributed by atoms with E-state index in [1.54, 1.807) is 35.4 Å². The molecule has 1 atom stereocenters. The molecule has 0 radical (unpaired) electrons. The SMILES string of the molecule is O=C(c1cccc(F)c1)N1CCC[C@@H](c2ccnc(Nc3ccccc3F)n2)C1. The number of anilines is 2. The highest BCUT2D eigenvalue weighted by Gasteiger charge is 2.26. The molecule has 0 bridgehead atoms. The highest BCUT2D eigenvalue weighted by atomic mass is 19.1. The van der Waals surface area contributed by atoms with E-state index in [2.05, 4.69) is 15.3 Å². The van der Waals surface area contributed by atoms with Gasteiger partial charge < -0.3 is 10.2 Å². The zero-order chi connectivity index (χ0) is 20.2. The van der Waals surface area contributed by atoms with Gasteiger partial charge in [0, 0.05) is 30.8 Å². The van der Waals surface area contributed by atoms with Crippen LogP contribution in [-0.4, -0.2) is 33.9 Å². The van der Waals surface area contributed by atoms with Gasteiger partial charge in [-0.2, -0.15) is 0 Å². The molecule has 5 nitrogen and oxygen atoms in total. The number of carbonyl (C=O) groups is 1. The molecule has 2 aromatic carbocycles. The van der Waals surface area contributed by atoms with Crippen LogP contribution in [0.5, 0.6) is 0 Å². The predicted molar refractivity (Wildman–Crippen MR) is 106 cm³/mol. The van der Waals surface area contributed by atoms with Crippen molar-refractivity contribution in [2.45, 2.75) is 18.8 Å². The van der Waals surface area contributed by atoms with E-state index in [0.29, 0.717) is 30.3 Å². The van der Waals surface area contributed by atoms with E-state index < -0.39 is 5.82 Å². The molecule has 0 unspecified atom stereocenters. The van der Waals surface area contributed by atoms with Crippen molar-refractivity contribution in [2.75, 3.05) is 18.4 Å². The Morgan fingerprint density at radius 1 is 1.10 bits per heavy atom. The molecule has 1 aliphatic heterocycles. The quantitative estimate of drug-likeness (QED) is 0.707. The van der Waals surface area contributed by atoms with Crippen molar-refractivity contribution in [3.8, 4) is 0 Å². The molecule has 3 aromatic rings. The number of hydrogen-bond donors (Lipinski definition) is 1. The molecule has 148 valence electrons. The molecule has 0 saturated carbocycles. The van der Waals surface area contributed by atoms with E-state index in [1.165, 1.54) is 24.3 Å². The fourth-order valence-corrected chi connectivity index (χ4v) is 3.55. The third-order valence-corrected chi connectivity index (χ3v) is 5.00. The highest BCUT2D eigenvalue weighted by molar-refractivity contribution is 5.94. The molecular formula is C22H20F2N4O. The Bertz CT molecular complexity index is 1030. The fraction of sp³-hybridized carbons (Fsp3) is 0.227. The number of aromatic nitrogens is 2. The van der Waals surface area contributed by atoms with Crippen LogP contribution in [0.2, 0.25) is 0 Å². The molecule has 1 fully saturated rings. The summed E-state index contributed by atoms with van der Waals surface area (Å²) in [4.78, 5) is 23.2. The topological polar surface area (TPSA) is 58.1 Å². The number of carbonyl (C=O) groups excluding carboxylic acids is 1. The second kappa shape index (κ2) is 8.34. The van der Waals surface area contributed by atoms with E-state index in [4.69, 9.17) is 0 Å². The Morgan fingerprint density at radius 3 is 2.79 bits per heavy atom. The molecule has 4 rings (SSSR count). The summed E-state index contributed by atoms with van der Waals surface area (Å²) >= 11 is 0. The largest absolute Gasteiger partial charge is 0.338 e. The van der Waals surface area contributed by atoms with Gasteiger partial charge in [-0.3, -0.25) is 4.79 Å². The normalized spacial score (nSPS) is 16.5. The summed E-state index contributed by atoms with van der Waals surface area (Å²) in [6, 6.07) is 13.9. The summed E-state index contributed by atoms with van der Waals surface area (Å²) < 4.78 is 27.3. The van der Waals surface area contributed by atoms with Crippen molar-refractivity contribution >= 4 is 17.5 Å². The van der Waals surface area contributed by atoms with Crippen LogP contribution >= 0.6 is 0 Å². The molecule has 1 saturated heterocycles. The van der Waals surface area contributed by atoms with Crippen LogP contribution in [0.15, 0.2) is 60.8 Å². The molecule has 1 aromatic heterocycles. The van der Waals surface area contributed by atoms with Gasteiger partial charge in [-0.25, -0.2) is 18.7 Å². The van der Waals surface area contributed by atoms with Crippen molar-refractivity contribution < 1.29 is 13.6 Å². The van der Waals surface area contributed by atoms with Crippen molar-refractivity contribution in [3.63, 3.8) is 0 Å². The lowest BCUT2D eigenvalue weighted by atomic mass is 9.94. The van der Waals surface area contributed by atoms with Gasteiger partial charge in [0.2, 0.25) is 5.95 Å². The van der Waals surface area contributed by atoms with E-state index in [-0.39, 0.29) is 17.6 Å². The van der Waals surface area contributed by atoms with Crippen LogP contribution in [0.25, 0.3) is 0 Å². The van der Waals surface area contributed by atoms with Gasteiger partial charge in [0.05, 0.1) is 11.4 Å². The lowest BCUT2D eigenvalue weighted by Gasteiger charge is -2.32. The minimum absolute atomic E-state index is 0.0328. The Labute approximate surface area is 167 Å². The minimum Gasteiger partial charge on any atom is -0.338 e. The number of benzene rings is 2. The summed E-state index contributed by atoms with van der Waals surface area (Å²) in [5, 5.41) is 2.90. The van der Waals surface area contributed by atoms with Gasteiger partial charge in [-0.05, 0) is 49.2 Å². The zero-order valence-electron chi connectivity index (χ0n) is 15.7. The van der Waals surface area contributed by atoms with E-state index in [1.807, 2.05) is 6.07 Å². The van der Waals surface area contributed by atoms with Gasteiger partial charge in [0.15, 0.2) is 0 Å². The molecule has 1 aliphatic rings. The van der Waals surface area contributed by atoms with E-state index >= 15 is 0 Å². The van der Waals surface area contributed by atoms with Gasteiger partial charge in [-0.1, -0.05) is 18.2 Å². The first kappa shape index (κ1) is 19.0. The van der Waals surface area contributed by atoms with Gasteiger partial charge >= 0.3 is 0 Å². The number of halogens is 2. The molecule has 0 aliphatic carbocycles. The molecule has 7 heteroatoms. The minimum atomic E-state index is -0.427. The van der Waals surface area contributed by atoms with Crippen LogP contribution in [0.1, 0.15) is 34.8 Å². The van der Waals surface area contributed by atoms with Gasteiger partial charge in [0.25, 0.3) is 5.91 Å². The van der Waals surface area contributed by atoms with Crippen LogP contribution in [-0.2, 0) is 0 Å². The number of nitrogens with one attached hydrogen (secondary N) is 1. The summed E-state index contributed by atoms with van der Waals surface area (Å²) in [5.41, 5.74) is 1.43. The number of amides is 1. The molecular weight excluding hydrogens is 374 g/mol. The number of para-hydroxylation sites is 1. The van der Waals surface area contributed by atoms with Crippen LogP contribution in [0.4, 0.5) is 20.4 Å². The number of piperidine rings is 1. The summed E-state index contributed by atoms with van der Waals surface area (Å²) in [5.74, 6) is -0.658. The second-order valence-electron chi connectivity index (χ2n) is 7.01. The first-order valence-corrected chi connectivity index (χ1v) is 9.49. The van der Waals surface area contributed by atoms with E-state index in [0.717, 1.165) is 18.5 Å². The molecule has 1 amide bonds. The Balaban J connectivity index is 1.50. The zero-order valence-corrected chi connectivity index (χ0v) is 15.7. The second-order valence-corrected chi connectivity index (χ2v) is 7.01. The molecule has 2 heterocycles. The van der Waals surface area contributed by atoms with Crippen LogP contribution < -0.4 is 5.32 Å². The molecule has 29 heavy (non-hydrogen) atoms. The maximum atomic E-state index is 13.9. The summed E-state index contributed by atoms with van der Waals surface area (Å²) in [6.07, 6.45) is 3.33. The first-order chi connectivity index (χ1) is 14.1. The average molecular weight is 394 g/mol. The van der Waals surface area contributed by atoms with Crippen molar-refractivity contribution in [1.29, 1.82) is 0 Å². The Morgan fingerprint density at radius 2 is 1.97 bits per heavy atom. The summed E-state index contributed by atoms with van der Waals surface area (Å²) in [7, 11) is 0.